The van der Waals surface area contributed by atoms with Crippen LogP contribution in [0.1, 0.15) is 18.4 Å². The van der Waals surface area contributed by atoms with Gasteiger partial charge in [0, 0.05) is 26.2 Å². The van der Waals surface area contributed by atoms with Gasteiger partial charge >= 0.3 is 0 Å². The molecule has 1 aromatic rings. The minimum absolute atomic E-state index is 0. The lowest BCUT2D eigenvalue weighted by Gasteiger charge is -2.37. The fourth-order valence-corrected chi connectivity index (χ4v) is 4.63. The maximum absolute atomic E-state index is 13.2. The largest absolute Gasteiger partial charge is 0.381 e. The fraction of sp³-hybridized carbons (Fsp3) is 0.571. The molecule has 1 aliphatic heterocycles. The smallest absolute Gasteiger partial charge is 0.243 e. The number of halogens is 2. The quantitative estimate of drug-likeness (QED) is 0.894. The molecule has 1 fully saturated rings. The van der Waals surface area contributed by atoms with Crippen molar-refractivity contribution in [2.24, 2.45) is 5.73 Å². The predicted octanol–water partition coefficient (Wildman–Crippen LogP) is 1.68. The van der Waals surface area contributed by atoms with Crippen molar-refractivity contribution < 1.29 is 17.5 Å². The summed E-state index contributed by atoms with van der Waals surface area (Å²) < 4.78 is 45.5. The Morgan fingerprint density at radius 1 is 1.45 bits per heavy atom. The molecule has 2 N–H and O–H groups in total. The van der Waals surface area contributed by atoms with Gasteiger partial charge in [0.25, 0.3) is 0 Å². The van der Waals surface area contributed by atoms with Crippen LogP contribution in [0.5, 0.6) is 0 Å². The van der Waals surface area contributed by atoms with Crippen molar-refractivity contribution in [3.05, 3.63) is 29.6 Å². The summed E-state index contributed by atoms with van der Waals surface area (Å²) in [6, 6.07) is 3.42. The van der Waals surface area contributed by atoms with Crippen LogP contribution in [0.25, 0.3) is 0 Å². The zero-order chi connectivity index (χ0) is 15.6. The van der Waals surface area contributed by atoms with Crippen LogP contribution in [0, 0.1) is 12.7 Å². The van der Waals surface area contributed by atoms with Gasteiger partial charge in [0.2, 0.25) is 10.0 Å². The van der Waals surface area contributed by atoms with E-state index >= 15 is 0 Å². The van der Waals surface area contributed by atoms with Crippen molar-refractivity contribution in [2.45, 2.75) is 36.8 Å². The highest BCUT2D eigenvalue weighted by Crippen LogP contribution is 2.28. The number of methoxy groups -OCH3 is 1. The normalized spacial score (nSPS) is 23.1. The average Bonchev–Trinajstić information content (AvgIpc) is 2.46. The number of piperidine rings is 1. The van der Waals surface area contributed by atoms with Gasteiger partial charge in [-0.3, -0.25) is 0 Å². The van der Waals surface area contributed by atoms with E-state index in [0.29, 0.717) is 24.9 Å². The minimum atomic E-state index is -3.67. The van der Waals surface area contributed by atoms with E-state index in [1.54, 1.807) is 14.0 Å². The summed E-state index contributed by atoms with van der Waals surface area (Å²) >= 11 is 0. The van der Waals surface area contributed by atoms with E-state index in [2.05, 4.69) is 0 Å². The Balaban J connectivity index is 0.00000242. The van der Waals surface area contributed by atoms with Gasteiger partial charge in [-0.25, -0.2) is 12.8 Å². The zero-order valence-electron chi connectivity index (χ0n) is 12.7. The summed E-state index contributed by atoms with van der Waals surface area (Å²) in [5, 5.41) is 0. The Bertz CT molecular complexity index is 612. The summed E-state index contributed by atoms with van der Waals surface area (Å²) in [5.41, 5.74) is 6.13. The first-order chi connectivity index (χ1) is 9.90. The van der Waals surface area contributed by atoms with Crippen molar-refractivity contribution >= 4 is 22.4 Å². The van der Waals surface area contributed by atoms with Crippen molar-refractivity contribution in [2.75, 3.05) is 20.2 Å². The summed E-state index contributed by atoms with van der Waals surface area (Å²) in [7, 11) is -2.05. The van der Waals surface area contributed by atoms with Crippen LogP contribution in [-0.2, 0) is 14.8 Å². The molecule has 0 saturated carbocycles. The van der Waals surface area contributed by atoms with E-state index in [1.165, 1.54) is 22.5 Å². The number of nitrogens with two attached hydrogens (primary N) is 1. The molecule has 8 heteroatoms. The number of nitrogens with zero attached hydrogens (tertiary/aromatic N) is 1. The molecule has 2 atom stereocenters. The molecule has 0 aromatic heterocycles. The third kappa shape index (κ3) is 3.78. The lowest BCUT2D eigenvalue weighted by molar-refractivity contribution is 0.0401. The number of ether oxygens (including phenoxy) is 1. The highest BCUT2D eigenvalue weighted by molar-refractivity contribution is 7.89. The molecule has 5 nitrogen and oxygen atoms in total. The lowest BCUT2D eigenvalue weighted by atomic mass is 10.0. The number of benzene rings is 1. The molecule has 0 radical (unpaired) electrons. The van der Waals surface area contributed by atoms with E-state index in [4.69, 9.17) is 10.5 Å². The van der Waals surface area contributed by atoms with Crippen molar-refractivity contribution in [3.63, 3.8) is 0 Å². The predicted molar refractivity (Wildman–Crippen MR) is 85.2 cm³/mol. The third-order valence-corrected chi connectivity index (χ3v) is 6.05. The second kappa shape index (κ2) is 7.70. The first-order valence-electron chi connectivity index (χ1n) is 6.91. The molecule has 0 amide bonds. The van der Waals surface area contributed by atoms with E-state index in [9.17, 15) is 12.8 Å². The summed E-state index contributed by atoms with van der Waals surface area (Å²) in [6.07, 6.45) is 1.23. The maximum atomic E-state index is 13.2. The average molecular weight is 353 g/mol. The molecule has 126 valence electrons. The van der Waals surface area contributed by atoms with Crippen LogP contribution in [0.4, 0.5) is 4.39 Å². The van der Waals surface area contributed by atoms with Gasteiger partial charge in [0.05, 0.1) is 11.0 Å². The topological polar surface area (TPSA) is 72.6 Å². The van der Waals surface area contributed by atoms with Gasteiger partial charge in [-0.15, -0.1) is 12.4 Å². The van der Waals surface area contributed by atoms with Gasteiger partial charge in [-0.05, 0) is 43.5 Å². The van der Waals surface area contributed by atoms with Gasteiger partial charge in [0.15, 0.2) is 0 Å². The Kier molecular flexibility index (Phi) is 6.76. The first kappa shape index (κ1) is 19.3. The van der Waals surface area contributed by atoms with Crippen LogP contribution in [0.15, 0.2) is 23.1 Å². The second-order valence-electron chi connectivity index (χ2n) is 5.30. The molecule has 1 saturated heterocycles. The number of hydrogen-bond donors (Lipinski definition) is 1. The molecule has 1 aromatic carbocycles. The number of hydrogen-bond acceptors (Lipinski definition) is 4. The molecular weight excluding hydrogens is 331 g/mol. The van der Waals surface area contributed by atoms with Crippen LogP contribution < -0.4 is 5.73 Å². The number of sulfonamides is 1. The zero-order valence-corrected chi connectivity index (χ0v) is 14.3. The lowest BCUT2D eigenvalue weighted by Crippen LogP contribution is -2.51. The highest BCUT2D eigenvalue weighted by Gasteiger charge is 2.36. The highest BCUT2D eigenvalue weighted by atomic mass is 35.5. The standard InChI is InChI=1S/C14H21FN2O3S.ClH/c1-10-7-11(15)3-4-14(10)21(18,19)17-6-5-13(20-2)8-12(17)9-16;/h3-4,7,12-13H,5-6,8-9,16H2,1-2H3;1H. The minimum Gasteiger partial charge on any atom is -0.381 e. The third-order valence-electron chi connectivity index (χ3n) is 3.94. The molecule has 0 spiro atoms. The van der Waals surface area contributed by atoms with E-state index in [0.717, 1.165) is 0 Å². The van der Waals surface area contributed by atoms with Crippen molar-refractivity contribution in [1.29, 1.82) is 0 Å². The second-order valence-corrected chi connectivity index (χ2v) is 7.16. The Morgan fingerprint density at radius 2 is 2.14 bits per heavy atom. The maximum Gasteiger partial charge on any atom is 0.243 e. The van der Waals surface area contributed by atoms with Crippen molar-refractivity contribution in [3.8, 4) is 0 Å². The van der Waals surface area contributed by atoms with E-state index < -0.39 is 15.8 Å². The molecule has 1 heterocycles. The van der Waals surface area contributed by atoms with Crippen LogP contribution in [0.2, 0.25) is 0 Å². The van der Waals surface area contributed by atoms with E-state index in [-0.39, 0.29) is 36.0 Å². The summed E-state index contributed by atoms with van der Waals surface area (Å²) in [6.45, 7) is 2.19. The van der Waals surface area contributed by atoms with Crippen molar-refractivity contribution in [1.82, 2.24) is 4.31 Å². The molecule has 0 aliphatic carbocycles. The number of aryl methyl sites for hydroxylation is 1. The van der Waals surface area contributed by atoms with Crippen LogP contribution in [0.3, 0.4) is 0 Å². The van der Waals surface area contributed by atoms with Gasteiger partial charge < -0.3 is 10.5 Å². The molecule has 2 rings (SSSR count). The molecule has 22 heavy (non-hydrogen) atoms. The van der Waals surface area contributed by atoms with Crippen LogP contribution in [-0.4, -0.2) is 45.1 Å². The Hall–Kier alpha value is -0.730. The van der Waals surface area contributed by atoms with E-state index in [1.807, 2.05) is 0 Å². The summed E-state index contributed by atoms with van der Waals surface area (Å²) in [4.78, 5) is 0.137. The van der Waals surface area contributed by atoms with Crippen LogP contribution >= 0.6 is 12.4 Å². The molecule has 2 unspecified atom stereocenters. The molecule has 0 bridgehead atoms. The Labute approximate surface area is 137 Å². The van der Waals surface area contributed by atoms with Gasteiger partial charge in [0.1, 0.15) is 5.82 Å². The number of rotatable bonds is 4. The molecule has 1 aliphatic rings. The SMILES string of the molecule is COC1CCN(S(=O)(=O)c2ccc(F)cc2C)C(CN)C1.Cl. The molecular formula is C14H22ClFN2O3S. The monoisotopic (exact) mass is 352 g/mol. The van der Waals surface area contributed by atoms with Gasteiger partial charge in [-0.2, -0.15) is 4.31 Å². The summed E-state index contributed by atoms with van der Waals surface area (Å²) in [5.74, 6) is -0.445. The fourth-order valence-electron chi connectivity index (χ4n) is 2.77. The van der Waals surface area contributed by atoms with Gasteiger partial charge in [-0.1, -0.05) is 0 Å². The first-order valence-corrected chi connectivity index (χ1v) is 8.35. The Morgan fingerprint density at radius 3 is 2.68 bits per heavy atom.